The molecule has 0 saturated heterocycles. The van der Waals surface area contributed by atoms with Gasteiger partial charge in [-0.05, 0) is 52.7 Å². The van der Waals surface area contributed by atoms with Crippen molar-refractivity contribution in [3.8, 4) is 0 Å². The first-order chi connectivity index (χ1) is 10.5. The fourth-order valence-corrected chi connectivity index (χ4v) is 2.78. The van der Waals surface area contributed by atoms with Crippen LogP contribution >= 0.6 is 15.9 Å². The minimum absolute atomic E-state index is 0.129. The van der Waals surface area contributed by atoms with Gasteiger partial charge in [0.05, 0.1) is 17.8 Å². The van der Waals surface area contributed by atoms with Crippen LogP contribution in [-0.2, 0) is 11.2 Å². The Bertz CT molecular complexity index is 860. The van der Waals surface area contributed by atoms with Crippen LogP contribution < -0.4 is 5.32 Å². The number of benzene rings is 1. The number of amides is 1. The Morgan fingerprint density at radius 2 is 2.14 bits per heavy atom. The number of aromatic nitrogens is 2. The Labute approximate surface area is 135 Å². The summed E-state index contributed by atoms with van der Waals surface area (Å²) in [6, 6.07) is 8.62. The molecule has 1 N–H and O–H groups in total. The van der Waals surface area contributed by atoms with E-state index in [4.69, 9.17) is 0 Å². The monoisotopic (exact) mass is 361 g/mol. The summed E-state index contributed by atoms with van der Waals surface area (Å²) < 4.78 is 15.5. The van der Waals surface area contributed by atoms with E-state index in [0.717, 1.165) is 10.0 Å². The second-order valence-corrected chi connectivity index (χ2v) is 5.91. The highest BCUT2D eigenvalue weighted by molar-refractivity contribution is 9.10. The van der Waals surface area contributed by atoms with E-state index in [1.54, 1.807) is 16.7 Å². The molecule has 112 valence electrons. The Kier molecular flexibility index (Phi) is 3.94. The molecule has 0 spiro atoms. The number of nitrogens with zero attached hydrogens (tertiary/aromatic N) is 2. The Hall–Kier alpha value is -2.21. The SMILES string of the molecule is Cc1ccc(NC(=O)Cc2cn3cc(F)ccc3n2)c(Br)c1. The molecular formula is C16H13BrFN3O. The van der Waals surface area contributed by atoms with Gasteiger partial charge in [-0.3, -0.25) is 4.79 Å². The van der Waals surface area contributed by atoms with E-state index in [-0.39, 0.29) is 18.1 Å². The molecule has 0 aliphatic heterocycles. The summed E-state index contributed by atoms with van der Waals surface area (Å²) in [6.45, 7) is 1.98. The van der Waals surface area contributed by atoms with Crippen molar-refractivity contribution in [3.05, 3.63) is 64.3 Å². The van der Waals surface area contributed by atoms with E-state index < -0.39 is 0 Å². The molecule has 2 aromatic heterocycles. The van der Waals surface area contributed by atoms with Gasteiger partial charge in [0.2, 0.25) is 5.91 Å². The van der Waals surface area contributed by atoms with Crippen molar-refractivity contribution in [2.45, 2.75) is 13.3 Å². The van der Waals surface area contributed by atoms with Crippen LogP contribution in [0.4, 0.5) is 10.1 Å². The second-order valence-electron chi connectivity index (χ2n) is 5.05. The summed E-state index contributed by atoms with van der Waals surface area (Å²) in [5.74, 6) is -0.516. The van der Waals surface area contributed by atoms with Gasteiger partial charge in [0.15, 0.2) is 0 Å². The molecule has 0 bridgehead atoms. The summed E-state index contributed by atoms with van der Waals surface area (Å²) in [5.41, 5.74) is 3.02. The molecule has 0 fully saturated rings. The number of hydrogen-bond donors (Lipinski definition) is 1. The quantitative estimate of drug-likeness (QED) is 0.772. The molecule has 22 heavy (non-hydrogen) atoms. The van der Waals surface area contributed by atoms with E-state index >= 15 is 0 Å². The van der Waals surface area contributed by atoms with Gasteiger partial charge in [0.25, 0.3) is 0 Å². The van der Waals surface area contributed by atoms with E-state index in [0.29, 0.717) is 17.0 Å². The van der Waals surface area contributed by atoms with Gasteiger partial charge in [-0.1, -0.05) is 6.07 Å². The highest BCUT2D eigenvalue weighted by atomic mass is 79.9. The van der Waals surface area contributed by atoms with Gasteiger partial charge in [-0.15, -0.1) is 0 Å². The van der Waals surface area contributed by atoms with Crippen molar-refractivity contribution in [1.29, 1.82) is 0 Å². The molecule has 0 aliphatic carbocycles. The molecular weight excluding hydrogens is 349 g/mol. The minimum Gasteiger partial charge on any atom is -0.325 e. The number of carbonyl (C=O) groups excluding carboxylic acids is 1. The average Bonchev–Trinajstić information content (AvgIpc) is 2.83. The molecule has 0 atom stereocenters. The molecule has 0 unspecified atom stereocenters. The predicted molar refractivity (Wildman–Crippen MR) is 86.4 cm³/mol. The molecule has 4 nitrogen and oxygen atoms in total. The van der Waals surface area contributed by atoms with Crippen molar-refractivity contribution in [3.63, 3.8) is 0 Å². The van der Waals surface area contributed by atoms with Gasteiger partial charge < -0.3 is 9.72 Å². The maximum Gasteiger partial charge on any atom is 0.230 e. The maximum atomic E-state index is 13.1. The van der Waals surface area contributed by atoms with E-state index in [9.17, 15) is 9.18 Å². The summed E-state index contributed by atoms with van der Waals surface area (Å²) in [7, 11) is 0. The first-order valence-corrected chi connectivity index (χ1v) is 7.50. The fourth-order valence-electron chi connectivity index (χ4n) is 2.18. The third kappa shape index (κ3) is 3.17. The van der Waals surface area contributed by atoms with Crippen LogP contribution in [0.15, 0.2) is 47.2 Å². The summed E-state index contributed by atoms with van der Waals surface area (Å²) >= 11 is 3.42. The van der Waals surface area contributed by atoms with Gasteiger partial charge in [-0.2, -0.15) is 0 Å². The molecule has 0 radical (unpaired) electrons. The molecule has 3 rings (SSSR count). The number of anilines is 1. The lowest BCUT2D eigenvalue weighted by atomic mass is 10.2. The molecule has 2 heterocycles. The van der Waals surface area contributed by atoms with Gasteiger partial charge >= 0.3 is 0 Å². The number of carbonyl (C=O) groups is 1. The topological polar surface area (TPSA) is 46.4 Å². The zero-order valence-electron chi connectivity index (χ0n) is 11.8. The standard InChI is InChI=1S/C16H13BrFN3O/c1-10-2-4-14(13(17)6-10)20-16(22)7-12-9-21-8-11(18)3-5-15(21)19-12/h2-6,8-9H,7H2,1H3,(H,20,22). The van der Waals surface area contributed by atoms with Crippen LogP contribution in [0.5, 0.6) is 0 Å². The average molecular weight is 362 g/mol. The van der Waals surface area contributed by atoms with Crippen LogP contribution in [0.2, 0.25) is 0 Å². The smallest absolute Gasteiger partial charge is 0.230 e. The van der Waals surface area contributed by atoms with E-state index in [2.05, 4.69) is 26.2 Å². The van der Waals surface area contributed by atoms with Crippen molar-refractivity contribution in [2.75, 3.05) is 5.32 Å². The van der Waals surface area contributed by atoms with Gasteiger partial charge in [-0.25, -0.2) is 9.37 Å². The van der Waals surface area contributed by atoms with Crippen LogP contribution in [0, 0.1) is 12.7 Å². The largest absolute Gasteiger partial charge is 0.325 e. The maximum absolute atomic E-state index is 13.1. The van der Waals surface area contributed by atoms with Crippen molar-refractivity contribution in [1.82, 2.24) is 9.38 Å². The highest BCUT2D eigenvalue weighted by Crippen LogP contribution is 2.23. The zero-order chi connectivity index (χ0) is 15.7. The number of hydrogen-bond acceptors (Lipinski definition) is 2. The number of halogens is 2. The van der Waals surface area contributed by atoms with Crippen LogP contribution in [0.25, 0.3) is 5.65 Å². The zero-order valence-corrected chi connectivity index (χ0v) is 13.4. The Morgan fingerprint density at radius 1 is 1.32 bits per heavy atom. The first-order valence-electron chi connectivity index (χ1n) is 6.70. The fraction of sp³-hybridized carbons (Fsp3) is 0.125. The lowest BCUT2D eigenvalue weighted by Gasteiger charge is -2.07. The number of nitrogens with one attached hydrogen (secondary N) is 1. The van der Waals surface area contributed by atoms with E-state index in [1.807, 2.05) is 25.1 Å². The van der Waals surface area contributed by atoms with Crippen molar-refractivity contribution >= 4 is 33.2 Å². The van der Waals surface area contributed by atoms with Crippen molar-refractivity contribution < 1.29 is 9.18 Å². The first kappa shape index (κ1) is 14.7. The molecule has 0 aliphatic rings. The number of aryl methyl sites for hydroxylation is 1. The number of imidazole rings is 1. The third-order valence-corrected chi connectivity index (χ3v) is 3.86. The third-order valence-electron chi connectivity index (χ3n) is 3.21. The number of pyridine rings is 1. The highest BCUT2D eigenvalue weighted by Gasteiger charge is 2.10. The predicted octanol–water partition coefficient (Wildman–Crippen LogP) is 3.73. The van der Waals surface area contributed by atoms with Crippen LogP contribution in [0.3, 0.4) is 0 Å². The lowest BCUT2D eigenvalue weighted by Crippen LogP contribution is -2.15. The normalized spacial score (nSPS) is 10.9. The number of fused-ring (bicyclic) bond motifs is 1. The second kappa shape index (κ2) is 5.88. The van der Waals surface area contributed by atoms with Gasteiger partial charge in [0, 0.05) is 16.9 Å². The Morgan fingerprint density at radius 3 is 2.91 bits per heavy atom. The Balaban J connectivity index is 1.75. The summed E-state index contributed by atoms with van der Waals surface area (Å²) in [4.78, 5) is 16.4. The minimum atomic E-state index is -0.343. The van der Waals surface area contributed by atoms with Crippen LogP contribution in [-0.4, -0.2) is 15.3 Å². The van der Waals surface area contributed by atoms with Gasteiger partial charge in [0.1, 0.15) is 11.5 Å². The molecule has 1 aromatic carbocycles. The number of rotatable bonds is 3. The summed E-state index contributed by atoms with van der Waals surface area (Å²) in [5, 5.41) is 2.83. The summed E-state index contributed by atoms with van der Waals surface area (Å²) in [6.07, 6.45) is 3.12. The molecule has 0 saturated carbocycles. The molecule has 6 heteroatoms. The van der Waals surface area contributed by atoms with Crippen LogP contribution in [0.1, 0.15) is 11.3 Å². The molecule has 3 aromatic rings. The molecule has 1 amide bonds. The lowest BCUT2D eigenvalue weighted by molar-refractivity contribution is -0.115. The van der Waals surface area contributed by atoms with Crippen molar-refractivity contribution in [2.24, 2.45) is 0 Å². The van der Waals surface area contributed by atoms with E-state index in [1.165, 1.54) is 12.3 Å².